The minimum atomic E-state index is -0.972. The second-order valence-corrected chi connectivity index (χ2v) is 10.7. The Balaban J connectivity index is 1.71. The summed E-state index contributed by atoms with van der Waals surface area (Å²) in [7, 11) is 0. The molecule has 5 atom stereocenters. The zero-order valence-corrected chi connectivity index (χ0v) is 22.1. The van der Waals surface area contributed by atoms with Crippen LogP contribution in [0.15, 0.2) is 37.2 Å². The number of pyridine rings is 1. The molecular formula is C27H36N6O5. The van der Waals surface area contributed by atoms with Gasteiger partial charge in [-0.05, 0) is 42.4 Å². The van der Waals surface area contributed by atoms with E-state index in [0.717, 1.165) is 5.56 Å². The summed E-state index contributed by atoms with van der Waals surface area (Å²) >= 11 is 0. The van der Waals surface area contributed by atoms with Crippen molar-refractivity contribution in [1.82, 2.24) is 25.8 Å². The highest BCUT2D eigenvalue weighted by atomic mass is 16.5. The third-order valence-electron chi connectivity index (χ3n) is 6.95. The molecule has 2 fully saturated rings. The molecule has 38 heavy (non-hydrogen) atoms. The second-order valence-electron chi connectivity index (χ2n) is 10.7. The van der Waals surface area contributed by atoms with Gasteiger partial charge < -0.3 is 25.6 Å². The summed E-state index contributed by atoms with van der Waals surface area (Å²) in [5, 5.41) is 17.8. The number of hydrogen-bond donors (Lipinski definition) is 3. The summed E-state index contributed by atoms with van der Waals surface area (Å²) in [4.78, 5) is 57.1. The molecule has 1 aromatic heterocycles. The van der Waals surface area contributed by atoms with Crippen molar-refractivity contribution in [2.45, 2.75) is 64.8 Å². The number of carbonyl (C=O) groups is 4. The van der Waals surface area contributed by atoms with Crippen LogP contribution in [0.25, 0.3) is 0 Å². The summed E-state index contributed by atoms with van der Waals surface area (Å²) < 4.78 is 5.31. The lowest BCUT2D eigenvalue weighted by Crippen LogP contribution is -2.59. The van der Waals surface area contributed by atoms with Gasteiger partial charge >= 0.3 is 6.09 Å². The lowest BCUT2D eigenvalue weighted by Gasteiger charge is -2.36. The van der Waals surface area contributed by atoms with Gasteiger partial charge in [0.2, 0.25) is 17.7 Å². The first-order chi connectivity index (χ1) is 18.0. The van der Waals surface area contributed by atoms with Crippen molar-refractivity contribution < 1.29 is 23.9 Å². The fourth-order valence-electron chi connectivity index (χ4n) is 4.80. The number of amides is 4. The predicted octanol–water partition coefficient (Wildman–Crippen LogP) is 1.66. The van der Waals surface area contributed by atoms with Crippen LogP contribution in [0.3, 0.4) is 0 Å². The number of rotatable bonds is 9. The van der Waals surface area contributed by atoms with Crippen molar-refractivity contribution in [2.75, 3.05) is 13.1 Å². The van der Waals surface area contributed by atoms with Gasteiger partial charge in [0.25, 0.3) is 0 Å². The monoisotopic (exact) mass is 524 g/mol. The fraction of sp³-hybridized carbons (Fsp3) is 0.556. The van der Waals surface area contributed by atoms with Crippen LogP contribution >= 0.6 is 0 Å². The van der Waals surface area contributed by atoms with E-state index in [1.807, 2.05) is 20.8 Å². The molecule has 2 aliphatic heterocycles. The van der Waals surface area contributed by atoms with Crippen LogP contribution in [0, 0.1) is 28.6 Å². The Morgan fingerprint density at radius 3 is 2.58 bits per heavy atom. The van der Waals surface area contributed by atoms with E-state index < -0.39 is 41.4 Å². The topological polar surface area (TPSA) is 154 Å². The average Bonchev–Trinajstić information content (AvgIpc) is 3.51. The van der Waals surface area contributed by atoms with Gasteiger partial charge in [-0.25, -0.2) is 4.79 Å². The molecule has 0 saturated carbocycles. The van der Waals surface area contributed by atoms with Gasteiger partial charge in [-0.1, -0.05) is 26.8 Å². The Bertz CT molecular complexity index is 1080. The lowest BCUT2D eigenvalue weighted by atomic mass is 9.85. The van der Waals surface area contributed by atoms with E-state index in [1.165, 1.54) is 4.90 Å². The molecule has 1 aromatic rings. The van der Waals surface area contributed by atoms with Crippen LogP contribution in [0.2, 0.25) is 0 Å². The molecule has 2 aliphatic rings. The Morgan fingerprint density at radius 1 is 1.29 bits per heavy atom. The molecule has 11 nitrogen and oxygen atoms in total. The van der Waals surface area contributed by atoms with Crippen LogP contribution < -0.4 is 16.0 Å². The first-order valence-corrected chi connectivity index (χ1v) is 12.8. The van der Waals surface area contributed by atoms with Crippen LogP contribution in [0.5, 0.6) is 0 Å². The van der Waals surface area contributed by atoms with Crippen LogP contribution in [-0.4, -0.2) is 64.9 Å². The van der Waals surface area contributed by atoms with Crippen LogP contribution in [-0.2, 0) is 25.7 Å². The van der Waals surface area contributed by atoms with Crippen molar-refractivity contribution in [3.8, 4) is 6.07 Å². The van der Waals surface area contributed by atoms with Crippen molar-refractivity contribution in [3.05, 3.63) is 42.7 Å². The van der Waals surface area contributed by atoms with Crippen molar-refractivity contribution in [3.63, 3.8) is 0 Å². The highest BCUT2D eigenvalue weighted by molar-refractivity contribution is 5.93. The Morgan fingerprint density at radius 2 is 2.00 bits per heavy atom. The zero-order valence-electron chi connectivity index (χ0n) is 22.1. The number of alkyl carbamates (subject to hydrolysis) is 1. The van der Waals surface area contributed by atoms with E-state index in [2.05, 4.69) is 33.6 Å². The standard InChI is InChI=1S/C27H36N6O5/c1-5-18-9-13-33(21(18)24(35)31-20(15-28)14-19-8-12-30-23(19)34)25(36)22(27(2,3)4)32-26(37)38-16-17-6-10-29-11-7-17/h5-7,10-11,18-22H,1,8-9,12-14,16H2,2-4H3,(H,30,34)(H,31,35)(H,32,37)/t18-,19-,20-,21-,22+/m0/s1. The molecule has 4 amide bonds. The summed E-state index contributed by atoms with van der Waals surface area (Å²) in [5.74, 6) is -1.71. The highest BCUT2D eigenvalue weighted by Gasteiger charge is 2.46. The third kappa shape index (κ3) is 7.09. The molecule has 0 aliphatic carbocycles. The SMILES string of the molecule is C=C[C@H]1CCN(C(=O)[C@@H](NC(=O)OCc2ccncc2)C(C)(C)C)[C@@H]1C(=O)N[C@H](C#N)C[C@@H]1CCNC1=O. The Hall–Kier alpha value is -3.94. The first kappa shape index (κ1) is 28.6. The maximum Gasteiger partial charge on any atom is 0.408 e. The normalized spacial score (nSPS) is 22.5. The van der Waals surface area contributed by atoms with Gasteiger partial charge in [-0.15, -0.1) is 6.58 Å². The first-order valence-electron chi connectivity index (χ1n) is 12.8. The molecule has 11 heteroatoms. The lowest BCUT2D eigenvalue weighted by molar-refractivity contribution is -0.142. The van der Waals surface area contributed by atoms with Gasteiger partial charge in [0.1, 0.15) is 24.7 Å². The molecule has 3 rings (SSSR count). The third-order valence-corrected chi connectivity index (χ3v) is 6.95. The molecule has 0 spiro atoms. The minimum Gasteiger partial charge on any atom is -0.445 e. The molecule has 2 saturated heterocycles. The number of ether oxygens (including phenoxy) is 1. The van der Waals surface area contributed by atoms with E-state index >= 15 is 0 Å². The highest BCUT2D eigenvalue weighted by Crippen LogP contribution is 2.30. The molecule has 0 aromatic carbocycles. The Labute approximate surface area is 223 Å². The van der Waals surface area contributed by atoms with E-state index in [9.17, 15) is 24.4 Å². The number of carbonyl (C=O) groups excluding carboxylic acids is 4. The number of nitriles is 1. The number of nitrogens with one attached hydrogen (secondary N) is 3. The second kappa shape index (κ2) is 12.5. The van der Waals surface area contributed by atoms with E-state index in [0.29, 0.717) is 19.4 Å². The van der Waals surface area contributed by atoms with Crippen LogP contribution in [0.4, 0.5) is 4.79 Å². The van der Waals surface area contributed by atoms with E-state index in [-0.39, 0.29) is 37.3 Å². The number of likely N-dealkylation sites (tertiary alicyclic amines) is 1. The largest absolute Gasteiger partial charge is 0.445 e. The molecule has 3 heterocycles. The smallest absolute Gasteiger partial charge is 0.408 e. The number of nitrogens with zero attached hydrogens (tertiary/aromatic N) is 3. The van der Waals surface area contributed by atoms with Crippen molar-refractivity contribution in [2.24, 2.45) is 17.3 Å². The van der Waals surface area contributed by atoms with Gasteiger partial charge in [0, 0.05) is 37.3 Å². The van der Waals surface area contributed by atoms with E-state index in [1.54, 1.807) is 30.6 Å². The van der Waals surface area contributed by atoms with Gasteiger partial charge in [-0.3, -0.25) is 19.4 Å². The van der Waals surface area contributed by atoms with Gasteiger partial charge in [0.05, 0.1) is 6.07 Å². The van der Waals surface area contributed by atoms with Gasteiger partial charge in [0.15, 0.2) is 0 Å². The minimum absolute atomic E-state index is 0.0151. The average molecular weight is 525 g/mol. The molecule has 3 N–H and O–H groups in total. The number of hydrogen-bond acceptors (Lipinski definition) is 7. The zero-order chi connectivity index (χ0) is 27.9. The quantitative estimate of drug-likeness (QED) is 0.415. The summed E-state index contributed by atoms with van der Waals surface area (Å²) in [6.07, 6.45) is 5.37. The molecule has 0 unspecified atom stereocenters. The van der Waals surface area contributed by atoms with E-state index in [4.69, 9.17) is 4.74 Å². The molecule has 0 radical (unpaired) electrons. The number of aromatic nitrogens is 1. The summed E-state index contributed by atoms with van der Waals surface area (Å²) in [6, 6.07) is 2.76. The van der Waals surface area contributed by atoms with Gasteiger partial charge in [-0.2, -0.15) is 5.26 Å². The molecule has 204 valence electrons. The maximum absolute atomic E-state index is 13.8. The van der Waals surface area contributed by atoms with Crippen molar-refractivity contribution >= 4 is 23.8 Å². The fourth-order valence-corrected chi connectivity index (χ4v) is 4.80. The van der Waals surface area contributed by atoms with Crippen LogP contribution in [0.1, 0.15) is 45.6 Å². The maximum atomic E-state index is 13.8. The molecular weight excluding hydrogens is 488 g/mol. The predicted molar refractivity (Wildman–Crippen MR) is 138 cm³/mol. The Kier molecular flexibility index (Phi) is 9.45. The molecule has 0 bridgehead atoms. The summed E-state index contributed by atoms with van der Waals surface area (Å²) in [5.41, 5.74) is 0.0615. The summed E-state index contributed by atoms with van der Waals surface area (Å²) in [6.45, 7) is 10.1. The van der Waals surface area contributed by atoms with Crippen molar-refractivity contribution in [1.29, 1.82) is 5.26 Å².